The van der Waals surface area contributed by atoms with Gasteiger partial charge in [-0.05, 0) is 35.9 Å². The molecule has 0 bridgehead atoms. The molecule has 5 rings (SSSR count). The maximum atomic E-state index is 13.0. The molecule has 0 spiro atoms. The van der Waals surface area contributed by atoms with Crippen LogP contribution in [0.1, 0.15) is 42.5 Å². The van der Waals surface area contributed by atoms with Crippen LogP contribution < -0.4 is 10.5 Å². The summed E-state index contributed by atoms with van der Waals surface area (Å²) in [5, 5.41) is 7.91. The molecule has 31 heavy (non-hydrogen) atoms. The van der Waals surface area contributed by atoms with Crippen molar-refractivity contribution in [2.24, 2.45) is 5.73 Å². The molecule has 2 aliphatic rings. The highest BCUT2D eigenvalue weighted by Crippen LogP contribution is 2.35. The van der Waals surface area contributed by atoms with E-state index in [-0.39, 0.29) is 34.3 Å². The number of carbonyl (C=O) groups excluding carboxylic acids is 3. The number of nitrogens with two attached hydrogens (primary N) is 1. The number of rotatable bonds is 3. The molecule has 0 atom stereocenters. The van der Waals surface area contributed by atoms with Gasteiger partial charge in [0.2, 0.25) is 5.78 Å². The van der Waals surface area contributed by atoms with Crippen molar-refractivity contribution in [1.29, 1.82) is 0 Å². The Morgan fingerprint density at radius 1 is 1.13 bits per heavy atom. The molecule has 0 aliphatic carbocycles. The fourth-order valence-electron chi connectivity index (χ4n) is 3.74. The van der Waals surface area contributed by atoms with Crippen molar-refractivity contribution in [2.75, 3.05) is 6.54 Å². The molecule has 3 aromatic rings. The Bertz CT molecular complexity index is 1280. The fourth-order valence-corrected chi connectivity index (χ4v) is 3.74. The van der Waals surface area contributed by atoms with Gasteiger partial charge in [0.25, 0.3) is 11.8 Å². The summed E-state index contributed by atoms with van der Waals surface area (Å²) in [4.78, 5) is 39.0. The maximum absolute atomic E-state index is 13.0. The van der Waals surface area contributed by atoms with Crippen LogP contribution in [0.2, 0.25) is 0 Å². The second-order valence-electron chi connectivity index (χ2n) is 7.28. The van der Waals surface area contributed by atoms with E-state index in [4.69, 9.17) is 10.5 Å². The van der Waals surface area contributed by atoms with Crippen LogP contribution in [0.5, 0.6) is 5.75 Å². The van der Waals surface area contributed by atoms with Crippen molar-refractivity contribution >= 4 is 23.7 Å². The van der Waals surface area contributed by atoms with Gasteiger partial charge in [0.15, 0.2) is 17.3 Å². The molecule has 9 heteroatoms. The molecule has 0 unspecified atom stereocenters. The number of para-hydroxylation sites is 1. The summed E-state index contributed by atoms with van der Waals surface area (Å²) in [5.41, 5.74) is 6.93. The smallest absolute Gasteiger partial charge is 0.254 e. The van der Waals surface area contributed by atoms with Gasteiger partial charge in [0.05, 0.1) is 17.7 Å². The lowest BCUT2D eigenvalue weighted by Crippen LogP contribution is -2.38. The second kappa shape index (κ2) is 7.21. The molecule has 2 aromatic carbocycles. The van der Waals surface area contributed by atoms with Gasteiger partial charge < -0.3 is 19.9 Å². The maximum Gasteiger partial charge on any atom is 0.254 e. The fraction of sp³-hybridized carbons (Fsp3) is 0.136. The van der Waals surface area contributed by atoms with Crippen LogP contribution in [-0.2, 0) is 13.1 Å². The predicted octanol–water partition coefficient (Wildman–Crippen LogP) is 1.65. The van der Waals surface area contributed by atoms with Crippen LogP contribution in [0.25, 0.3) is 6.08 Å². The van der Waals surface area contributed by atoms with Gasteiger partial charge >= 0.3 is 0 Å². The third kappa shape index (κ3) is 3.25. The molecule has 154 valence electrons. The summed E-state index contributed by atoms with van der Waals surface area (Å²) >= 11 is 0. The Morgan fingerprint density at radius 2 is 1.97 bits per heavy atom. The number of hydrogen-bond donors (Lipinski definition) is 1. The normalized spacial score (nSPS) is 16.1. The lowest BCUT2D eigenvalue weighted by Gasteiger charge is -2.27. The largest absolute Gasteiger partial charge is 0.452 e. The molecule has 1 aromatic heterocycles. The number of allylic oxidation sites excluding steroid dienone is 1. The van der Waals surface area contributed by atoms with Crippen molar-refractivity contribution in [2.45, 2.75) is 13.1 Å². The van der Waals surface area contributed by atoms with E-state index >= 15 is 0 Å². The van der Waals surface area contributed by atoms with E-state index in [9.17, 15) is 14.4 Å². The Hall–Kier alpha value is -4.27. The number of fused-ring (bicyclic) bond motifs is 2. The minimum atomic E-state index is -0.671. The number of benzene rings is 2. The van der Waals surface area contributed by atoms with E-state index in [1.54, 1.807) is 53.7 Å². The third-order valence-electron chi connectivity index (χ3n) is 5.32. The second-order valence-corrected chi connectivity index (χ2v) is 7.28. The zero-order valence-corrected chi connectivity index (χ0v) is 16.3. The number of ether oxygens (including phenoxy) is 1. The first-order valence-corrected chi connectivity index (χ1v) is 9.64. The van der Waals surface area contributed by atoms with Crippen LogP contribution in [0.3, 0.4) is 0 Å². The Balaban J connectivity index is 1.40. The average Bonchev–Trinajstić information content (AvgIpc) is 3.37. The summed E-state index contributed by atoms with van der Waals surface area (Å²) in [5.74, 6) is -0.172. The quantitative estimate of drug-likeness (QED) is 0.650. The molecule has 2 amide bonds. The number of carbonyl (C=O) groups is 3. The topological polar surface area (TPSA) is 120 Å². The molecule has 2 aliphatic heterocycles. The molecule has 9 nitrogen and oxygen atoms in total. The van der Waals surface area contributed by atoms with E-state index in [2.05, 4.69) is 10.2 Å². The van der Waals surface area contributed by atoms with Crippen LogP contribution in [0.4, 0.5) is 0 Å². The molecule has 2 N–H and O–H groups in total. The van der Waals surface area contributed by atoms with E-state index in [1.807, 2.05) is 4.57 Å². The van der Waals surface area contributed by atoms with E-state index in [0.717, 1.165) is 5.82 Å². The van der Waals surface area contributed by atoms with Gasteiger partial charge in [0, 0.05) is 18.7 Å². The van der Waals surface area contributed by atoms with E-state index < -0.39 is 5.91 Å². The van der Waals surface area contributed by atoms with E-state index in [0.29, 0.717) is 30.8 Å². The van der Waals surface area contributed by atoms with Gasteiger partial charge in [0.1, 0.15) is 6.33 Å². The van der Waals surface area contributed by atoms with Crippen LogP contribution >= 0.6 is 0 Å². The highest BCUT2D eigenvalue weighted by atomic mass is 16.5. The molecule has 3 heterocycles. The van der Waals surface area contributed by atoms with Crippen molar-refractivity contribution in [3.8, 4) is 5.75 Å². The number of nitrogens with zero attached hydrogens (tertiary/aromatic N) is 4. The summed E-state index contributed by atoms with van der Waals surface area (Å²) < 4.78 is 7.58. The number of ketones is 1. The van der Waals surface area contributed by atoms with Gasteiger partial charge in [-0.1, -0.05) is 18.2 Å². The number of hydrogen-bond acceptors (Lipinski definition) is 6. The van der Waals surface area contributed by atoms with Gasteiger partial charge in [-0.25, -0.2) is 0 Å². The first-order chi connectivity index (χ1) is 15.0. The van der Waals surface area contributed by atoms with Gasteiger partial charge in [-0.15, -0.1) is 10.2 Å². The first kappa shape index (κ1) is 18.7. The van der Waals surface area contributed by atoms with Crippen LogP contribution in [0, 0.1) is 0 Å². The van der Waals surface area contributed by atoms with Gasteiger partial charge in [-0.3, -0.25) is 14.4 Å². The lowest BCUT2D eigenvalue weighted by atomic mass is 10.0. The summed E-state index contributed by atoms with van der Waals surface area (Å²) in [6, 6.07) is 11.6. The Morgan fingerprint density at radius 3 is 2.81 bits per heavy atom. The summed E-state index contributed by atoms with van der Waals surface area (Å²) in [7, 11) is 0. The number of Topliss-reactive ketones (excluding diaryl/α,β-unsaturated/α-hetero) is 1. The number of aromatic nitrogens is 3. The Labute approximate surface area is 176 Å². The van der Waals surface area contributed by atoms with Crippen molar-refractivity contribution in [3.63, 3.8) is 0 Å². The standard InChI is InChI=1S/C22H17N5O4/c23-21(29)16-6-2-5-15-19(28)17(31-20(15)16)10-13-3-1-4-14(9-13)22(30)26-7-8-27-12-24-25-18(27)11-26/h1-6,9-10,12H,7-8,11H2,(H2,23,29)/b17-10-. The number of amides is 2. The van der Waals surface area contributed by atoms with Crippen molar-refractivity contribution in [3.05, 3.63) is 82.6 Å². The predicted molar refractivity (Wildman–Crippen MR) is 109 cm³/mol. The molecule has 0 radical (unpaired) electrons. The number of primary amides is 1. The molecule has 0 saturated heterocycles. The van der Waals surface area contributed by atoms with Crippen LogP contribution in [-0.4, -0.2) is 43.8 Å². The monoisotopic (exact) mass is 415 g/mol. The highest BCUT2D eigenvalue weighted by molar-refractivity contribution is 6.16. The molecule has 0 fully saturated rings. The molecular formula is C22H17N5O4. The van der Waals surface area contributed by atoms with Crippen LogP contribution in [0.15, 0.2) is 54.6 Å². The summed E-state index contributed by atoms with van der Waals surface area (Å²) in [6.45, 7) is 1.58. The third-order valence-corrected chi connectivity index (χ3v) is 5.32. The zero-order chi connectivity index (χ0) is 21.5. The first-order valence-electron chi connectivity index (χ1n) is 9.64. The molecular weight excluding hydrogens is 398 g/mol. The minimum absolute atomic E-state index is 0.0689. The van der Waals surface area contributed by atoms with Gasteiger partial charge in [-0.2, -0.15) is 0 Å². The average molecular weight is 415 g/mol. The van der Waals surface area contributed by atoms with Crippen molar-refractivity contribution in [1.82, 2.24) is 19.7 Å². The Kier molecular flexibility index (Phi) is 4.36. The van der Waals surface area contributed by atoms with E-state index in [1.165, 1.54) is 6.07 Å². The van der Waals surface area contributed by atoms with Crippen molar-refractivity contribution < 1.29 is 19.1 Å². The highest BCUT2D eigenvalue weighted by Gasteiger charge is 2.31. The lowest BCUT2D eigenvalue weighted by molar-refractivity contribution is 0.0707. The SMILES string of the molecule is NC(=O)c1cccc2c1O/C(=C\c1cccc(C(=O)N3CCn4cnnc4C3)c1)C2=O. The minimum Gasteiger partial charge on any atom is -0.452 e. The summed E-state index contributed by atoms with van der Waals surface area (Å²) in [6.07, 6.45) is 3.21. The molecule has 0 saturated carbocycles. The zero-order valence-electron chi connectivity index (χ0n) is 16.3.